The summed E-state index contributed by atoms with van der Waals surface area (Å²) >= 11 is 0. The molecule has 0 amide bonds. The second-order valence-corrected chi connectivity index (χ2v) is 3.18. The molecule has 2 rings (SSSR count). The molecule has 0 saturated carbocycles. The van der Waals surface area contributed by atoms with Crippen molar-refractivity contribution in [3.63, 3.8) is 0 Å². The Bertz CT molecular complexity index is 610. The van der Waals surface area contributed by atoms with Gasteiger partial charge in [0.2, 0.25) is 0 Å². The number of halogens is 3. The molecule has 0 unspecified atom stereocenters. The summed E-state index contributed by atoms with van der Waals surface area (Å²) in [6, 6.07) is 2.86. The lowest BCUT2D eigenvalue weighted by Gasteiger charge is -2.01. The van der Waals surface area contributed by atoms with Crippen molar-refractivity contribution in [2.45, 2.75) is 6.18 Å². The van der Waals surface area contributed by atoms with Gasteiger partial charge in [0.05, 0.1) is 0 Å². The number of alkyl halides is 3. The first-order valence-corrected chi connectivity index (χ1v) is 4.58. The van der Waals surface area contributed by atoms with Crippen molar-refractivity contribution in [1.82, 2.24) is 19.7 Å². The minimum Gasteiger partial charge on any atom is -0.382 e. The molecular weight excluding hydrogens is 249 g/mol. The van der Waals surface area contributed by atoms with Gasteiger partial charge >= 0.3 is 6.18 Å². The largest absolute Gasteiger partial charge is 0.436 e. The number of nitrogen functional groups attached to an aromatic ring is 1. The molecule has 9 heteroatoms. The number of nitrogens with zero attached hydrogens (tertiary/aromatic N) is 5. The molecule has 0 aliphatic carbocycles. The number of aromatic nitrogens is 4. The fourth-order valence-corrected chi connectivity index (χ4v) is 1.29. The van der Waals surface area contributed by atoms with Crippen molar-refractivity contribution in [3.05, 3.63) is 29.7 Å². The van der Waals surface area contributed by atoms with E-state index in [-0.39, 0.29) is 5.95 Å². The quantitative estimate of drug-likeness (QED) is 0.823. The van der Waals surface area contributed by atoms with Crippen molar-refractivity contribution in [2.75, 3.05) is 5.73 Å². The van der Waals surface area contributed by atoms with E-state index >= 15 is 0 Å². The van der Waals surface area contributed by atoms with Crippen LogP contribution in [-0.4, -0.2) is 19.7 Å². The fraction of sp³-hybridized carbons (Fsp3) is 0.111. The second kappa shape index (κ2) is 3.99. The summed E-state index contributed by atoms with van der Waals surface area (Å²) in [7, 11) is 0. The third kappa shape index (κ3) is 1.84. The van der Waals surface area contributed by atoms with Crippen LogP contribution in [0.2, 0.25) is 0 Å². The Balaban J connectivity index is 2.66. The van der Waals surface area contributed by atoms with E-state index in [0.29, 0.717) is 4.68 Å². The fourth-order valence-electron chi connectivity index (χ4n) is 1.29. The number of anilines is 1. The highest BCUT2D eigenvalue weighted by atomic mass is 19.4. The molecule has 92 valence electrons. The molecule has 0 radical (unpaired) electrons. The molecule has 0 aromatic carbocycles. The lowest BCUT2D eigenvalue weighted by atomic mass is 10.2. The van der Waals surface area contributed by atoms with E-state index in [2.05, 4.69) is 15.1 Å². The topological polar surface area (TPSA) is 93.4 Å². The molecular formula is C9H5F3N6. The van der Waals surface area contributed by atoms with Crippen molar-refractivity contribution in [1.29, 1.82) is 5.26 Å². The molecule has 18 heavy (non-hydrogen) atoms. The summed E-state index contributed by atoms with van der Waals surface area (Å²) in [4.78, 5) is 7.43. The highest BCUT2D eigenvalue weighted by Gasteiger charge is 2.39. The van der Waals surface area contributed by atoms with Gasteiger partial charge in [0, 0.05) is 12.4 Å². The first-order chi connectivity index (χ1) is 8.45. The van der Waals surface area contributed by atoms with Crippen molar-refractivity contribution >= 4 is 5.82 Å². The molecule has 2 heterocycles. The van der Waals surface area contributed by atoms with Gasteiger partial charge in [-0.05, 0) is 6.07 Å². The zero-order valence-corrected chi connectivity index (χ0v) is 8.68. The Labute approximate surface area is 98.5 Å². The van der Waals surface area contributed by atoms with E-state index in [1.54, 1.807) is 0 Å². The van der Waals surface area contributed by atoms with Crippen LogP contribution in [0.4, 0.5) is 19.0 Å². The second-order valence-electron chi connectivity index (χ2n) is 3.18. The van der Waals surface area contributed by atoms with E-state index in [9.17, 15) is 13.2 Å². The Morgan fingerprint density at radius 2 is 1.89 bits per heavy atom. The Morgan fingerprint density at radius 3 is 2.33 bits per heavy atom. The molecule has 2 aromatic heterocycles. The molecule has 0 fully saturated rings. The van der Waals surface area contributed by atoms with Crippen molar-refractivity contribution in [2.24, 2.45) is 0 Å². The first-order valence-electron chi connectivity index (χ1n) is 4.58. The van der Waals surface area contributed by atoms with Crippen molar-refractivity contribution < 1.29 is 13.2 Å². The molecule has 0 spiro atoms. The van der Waals surface area contributed by atoms with E-state index in [0.717, 1.165) is 0 Å². The monoisotopic (exact) mass is 254 g/mol. The van der Waals surface area contributed by atoms with Gasteiger partial charge in [-0.15, -0.1) is 0 Å². The Kier molecular flexibility index (Phi) is 2.63. The van der Waals surface area contributed by atoms with Crippen LogP contribution in [0.5, 0.6) is 0 Å². The van der Waals surface area contributed by atoms with Crippen LogP contribution >= 0.6 is 0 Å². The maximum absolute atomic E-state index is 12.6. The average Bonchev–Trinajstić information content (AvgIpc) is 2.67. The number of hydrogen-bond acceptors (Lipinski definition) is 5. The van der Waals surface area contributed by atoms with Gasteiger partial charge in [-0.3, -0.25) is 0 Å². The van der Waals surface area contributed by atoms with Crippen molar-refractivity contribution in [3.8, 4) is 12.0 Å². The number of rotatable bonds is 1. The minimum atomic E-state index is -4.76. The molecule has 2 N–H and O–H groups in total. The highest BCUT2D eigenvalue weighted by Crippen LogP contribution is 2.33. The number of nitrogens with two attached hydrogens (primary N) is 1. The van der Waals surface area contributed by atoms with Gasteiger partial charge in [-0.2, -0.15) is 28.2 Å². The number of nitriles is 1. The van der Waals surface area contributed by atoms with E-state index in [1.165, 1.54) is 24.5 Å². The van der Waals surface area contributed by atoms with Gasteiger partial charge in [0.1, 0.15) is 17.5 Å². The van der Waals surface area contributed by atoms with Crippen LogP contribution in [0.25, 0.3) is 5.95 Å². The predicted octanol–water partition coefficient (Wildman–Crippen LogP) is 1.13. The third-order valence-corrected chi connectivity index (χ3v) is 2.04. The zero-order valence-electron chi connectivity index (χ0n) is 8.68. The van der Waals surface area contributed by atoms with Gasteiger partial charge in [-0.25, -0.2) is 9.97 Å². The Hall–Kier alpha value is -2.63. The van der Waals surface area contributed by atoms with Crippen LogP contribution in [0.15, 0.2) is 18.5 Å². The van der Waals surface area contributed by atoms with Gasteiger partial charge in [0.15, 0.2) is 5.69 Å². The van der Waals surface area contributed by atoms with E-state index < -0.39 is 23.3 Å². The normalized spacial score (nSPS) is 11.2. The molecule has 0 bridgehead atoms. The maximum atomic E-state index is 12.6. The van der Waals surface area contributed by atoms with E-state index in [1.807, 2.05) is 0 Å². The zero-order chi connectivity index (χ0) is 13.3. The summed E-state index contributed by atoms with van der Waals surface area (Å²) in [6.07, 6.45) is -2.12. The standard InChI is InChI=1S/C9H5F3N6/c10-9(11,12)6-5(4-13)7(14)18(17-6)8-15-2-1-3-16-8/h1-3H,14H2. The van der Waals surface area contributed by atoms with Crippen LogP contribution in [0.3, 0.4) is 0 Å². The minimum absolute atomic E-state index is 0.137. The van der Waals surface area contributed by atoms with Crippen LogP contribution in [0.1, 0.15) is 11.3 Å². The molecule has 2 aromatic rings. The van der Waals surface area contributed by atoms with Crippen LogP contribution in [-0.2, 0) is 6.18 Å². The van der Waals surface area contributed by atoms with Gasteiger partial charge in [-0.1, -0.05) is 0 Å². The molecule has 0 aliphatic rings. The van der Waals surface area contributed by atoms with Gasteiger partial charge in [0.25, 0.3) is 5.95 Å². The SMILES string of the molecule is N#Cc1c(C(F)(F)F)nn(-c2ncccn2)c1N. The molecule has 0 atom stereocenters. The summed E-state index contributed by atoms with van der Waals surface area (Å²) < 4.78 is 38.5. The van der Waals surface area contributed by atoms with E-state index in [4.69, 9.17) is 11.0 Å². The number of hydrogen-bond donors (Lipinski definition) is 1. The van der Waals surface area contributed by atoms with Gasteiger partial charge < -0.3 is 5.73 Å². The molecule has 6 nitrogen and oxygen atoms in total. The Morgan fingerprint density at radius 1 is 1.28 bits per heavy atom. The lowest BCUT2D eigenvalue weighted by molar-refractivity contribution is -0.141. The maximum Gasteiger partial charge on any atom is 0.436 e. The molecule has 0 saturated heterocycles. The van der Waals surface area contributed by atoms with Crippen LogP contribution in [0, 0.1) is 11.3 Å². The smallest absolute Gasteiger partial charge is 0.382 e. The summed E-state index contributed by atoms with van der Waals surface area (Å²) in [5.74, 6) is -0.585. The summed E-state index contributed by atoms with van der Waals surface area (Å²) in [5, 5.41) is 11.9. The summed E-state index contributed by atoms with van der Waals surface area (Å²) in [6.45, 7) is 0. The predicted molar refractivity (Wildman–Crippen MR) is 53.3 cm³/mol. The summed E-state index contributed by atoms with van der Waals surface area (Å²) in [5.41, 5.74) is 3.35. The average molecular weight is 254 g/mol. The lowest BCUT2D eigenvalue weighted by Crippen LogP contribution is -2.09. The van der Waals surface area contributed by atoms with Crippen LogP contribution < -0.4 is 5.73 Å². The molecule has 0 aliphatic heterocycles. The third-order valence-electron chi connectivity index (χ3n) is 2.04. The highest BCUT2D eigenvalue weighted by molar-refractivity contribution is 5.55. The first kappa shape index (κ1) is 11.8.